The van der Waals surface area contributed by atoms with E-state index in [1.54, 1.807) is 16.9 Å². The van der Waals surface area contributed by atoms with Gasteiger partial charge in [0.2, 0.25) is 5.91 Å². The Morgan fingerprint density at radius 2 is 1.79 bits per heavy atom. The molecule has 0 unspecified atom stereocenters. The number of hydrogen-bond acceptors (Lipinski definition) is 4. The van der Waals surface area contributed by atoms with Crippen LogP contribution < -0.4 is 11.1 Å². The molecule has 8 nitrogen and oxygen atoms in total. The molecule has 0 saturated heterocycles. The first-order chi connectivity index (χ1) is 13.3. The van der Waals surface area contributed by atoms with Crippen molar-refractivity contribution in [1.82, 2.24) is 19.6 Å². The predicted molar refractivity (Wildman–Crippen MR) is 106 cm³/mol. The molecular formula is C20H24N6O2. The second-order valence-corrected chi connectivity index (χ2v) is 6.82. The van der Waals surface area contributed by atoms with Crippen LogP contribution in [-0.2, 0) is 17.9 Å². The Bertz CT molecular complexity index is 1000. The molecule has 0 saturated carbocycles. The maximum atomic E-state index is 12.8. The van der Waals surface area contributed by atoms with E-state index < -0.39 is 5.91 Å². The number of amides is 2. The van der Waals surface area contributed by atoms with E-state index >= 15 is 0 Å². The highest BCUT2D eigenvalue weighted by atomic mass is 16.2. The lowest BCUT2D eigenvalue weighted by atomic mass is 10.1. The van der Waals surface area contributed by atoms with Gasteiger partial charge in [0, 0.05) is 30.9 Å². The maximum absolute atomic E-state index is 12.8. The third kappa shape index (κ3) is 4.46. The minimum Gasteiger partial charge on any atom is -0.370 e. The number of hydrogen-bond donors (Lipinski definition) is 2. The smallest absolute Gasteiger partial charge is 0.260 e. The molecule has 146 valence electrons. The predicted octanol–water partition coefficient (Wildman–Crippen LogP) is 2.18. The minimum atomic E-state index is -0.395. The third-order valence-electron chi connectivity index (χ3n) is 4.53. The highest BCUT2D eigenvalue weighted by Gasteiger charge is 2.19. The molecule has 0 fully saturated rings. The van der Waals surface area contributed by atoms with Gasteiger partial charge in [-0.15, -0.1) is 0 Å². The number of nitrogens with two attached hydrogens (primary N) is 1. The molecule has 3 N–H and O–H groups in total. The standard InChI is InChI=1S/C20H24N6O2/c1-13-4-6-16(7-5-13)12-26-15(3)19(14(2)23-26)20(28)22-18-9-11-25(24-18)10-8-17(21)27/h4-7,9,11H,8,10,12H2,1-3H3,(H2,21,27)(H,22,24,28). The van der Waals surface area contributed by atoms with Crippen molar-refractivity contribution in [2.45, 2.75) is 40.3 Å². The fraction of sp³-hybridized carbons (Fsp3) is 0.300. The van der Waals surface area contributed by atoms with Gasteiger partial charge in [-0.25, -0.2) is 0 Å². The van der Waals surface area contributed by atoms with Crippen molar-refractivity contribution in [2.75, 3.05) is 5.32 Å². The number of nitrogens with one attached hydrogen (secondary N) is 1. The van der Waals surface area contributed by atoms with Crippen LogP contribution in [0.2, 0.25) is 0 Å². The summed E-state index contributed by atoms with van der Waals surface area (Å²) in [5, 5.41) is 11.6. The van der Waals surface area contributed by atoms with Crippen molar-refractivity contribution < 1.29 is 9.59 Å². The van der Waals surface area contributed by atoms with E-state index in [-0.39, 0.29) is 12.3 Å². The van der Waals surface area contributed by atoms with Gasteiger partial charge in [0.1, 0.15) is 0 Å². The van der Waals surface area contributed by atoms with Crippen LogP contribution in [0.3, 0.4) is 0 Å². The number of aryl methyl sites for hydroxylation is 3. The molecule has 0 atom stereocenters. The lowest BCUT2D eigenvalue weighted by Gasteiger charge is -2.06. The van der Waals surface area contributed by atoms with Crippen molar-refractivity contribution in [2.24, 2.45) is 5.73 Å². The molecule has 0 spiro atoms. The summed E-state index contributed by atoms with van der Waals surface area (Å²) in [4.78, 5) is 23.6. The Kier molecular flexibility index (Phi) is 5.58. The Hall–Kier alpha value is -3.42. The monoisotopic (exact) mass is 380 g/mol. The molecule has 3 aromatic rings. The van der Waals surface area contributed by atoms with Crippen molar-refractivity contribution in [3.8, 4) is 0 Å². The summed E-state index contributed by atoms with van der Waals surface area (Å²) in [6, 6.07) is 9.92. The fourth-order valence-corrected chi connectivity index (χ4v) is 3.00. The van der Waals surface area contributed by atoms with Crippen LogP contribution in [0.25, 0.3) is 0 Å². The average Bonchev–Trinajstić information content (AvgIpc) is 3.19. The number of primary amides is 1. The van der Waals surface area contributed by atoms with E-state index in [2.05, 4.69) is 39.8 Å². The van der Waals surface area contributed by atoms with Crippen LogP contribution in [0.4, 0.5) is 5.82 Å². The molecule has 0 radical (unpaired) electrons. The number of anilines is 1. The van der Waals surface area contributed by atoms with Gasteiger partial charge in [-0.1, -0.05) is 29.8 Å². The highest BCUT2D eigenvalue weighted by Crippen LogP contribution is 2.17. The second kappa shape index (κ2) is 8.08. The summed E-state index contributed by atoms with van der Waals surface area (Å²) in [7, 11) is 0. The van der Waals surface area contributed by atoms with Gasteiger partial charge < -0.3 is 11.1 Å². The van der Waals surface area contributed by atoms with E-state index in [0.29, 0.717) is 30.2 Å². The molecule has 8 heteroatoms. The van der Waals surface area contributed by atoms with E-state index in [4.69, 9.17) is 5.73 Å². The fourth-order valence-electron chi connectivity index (χ4n) is 3.00. The zero-order valence-corrected chi connectivity index (χ0v) is 16.3. The van der Waals surface area contributed by atoms with E-state index in [1.807, 2.05) is 25.5 Å². The van der Waals surface area contributed by atoms with Gasteiger partial charge >= 0.3 is 0 Å². The Morgan fingerprint density at radius 3 is 2.46 bits per heavy atom. The maximum Gasteiger partial charge on any atom is 0.260 e. The van der Waals surface area contributed by atoms with Crippen molar-refractivity contribution in [3.05, 3.63) is 64.6 Å². The summed E-state index contributed by atoms with van der Waals surface area (Å²) in [5.41, 5.74) is 9.46. The van der Waals surface area contributed by atoms with Crippen LogP contribution in [-0.4, -0.2) is 31.4 Å². The number of carbonyl (C=O) groups excluding carboxylic acids is 2. The molecule has 28 heavy (non-hydrogen) atoms. The largest absolute Gasteiger partial charge is 0.370 e. The summed E-state index contributed by atoms with van der Waals surface area (Å²) in [6.45, 7) is 6.72. The first-order valence-electron chi connectivity index (χ1n) is 9.06. The minimum absolute atomic E-state index is 0.194. The van der Waals surface area contributed by atoms with Crippen molar-refractivity contribution in [1.29, 1.82) is 0 Å². The number of benzene rings is 1. The zero-order chi connectivity index (χ0) is 20.3. The van der Waals surface area contributed by atoms with Crippen LogP contribution in [0.1, 0.15) is 39.3 Å². The molecule has 0 aliphatic heterocycles. The van der Waals surface area contributed by atoms with Gasteiger partial charge in [-0.3, -0.25) is 19.0 Å². The summed E-state index contributed by atoms with van der Waals surface area (Å²) in [5.74, 6) is -0.238. The van der Waals surface area contributed by atoms with E-state index in [9.17, 15) is 9.59 Å². The SMILES string of the molecule is Cc1ccc(Cn2nc(C)c(C(=O)Nc3ccn(CCC(N)=O)n3)c2C)cc1. The summed E-state index contributed by atoms with van der Waals surface area (Å²) < 4.78 is 3.40. The number of aromatic nitrogens is 4. The van der Waals surface area contributed by atoms with Crippen molar-refractivity contribution in [3.63, 3.8) is 0 Å². The summed E-state index contributed by atoms with van der Waals surface area (Å²) in [6.07, 6.45) is 1.89. The van der Waals surface area contributed by atoms with Crippen LogP contribution in [0.5, 0.6) is 0 Å². The van der Waals surface area contributed by atoms with Crippen LogP contribution in [0, 0.1) is 20.8 Å². The molecular weight excluding hydrogens is 356 g/mol. The molecule has 0 bridgehead atoms. The lowest BCUT2D eigenvalue weighted by Crippen LogP contribution is -2.16. The van der Waals surface area contributed by atoms with Crippen molar-refractivity contribution >= 4 is 17.6 Å². The number of rotatable bonds is 7. The van der Waals surface area contributed by atoms with Gasteiger partial charge in [-0.2, -0.15) is 10.2 Å². The molecule has 3 rings (SSSR count). The van der Waals surface area contributed by atoms with Gasteiger partial charge in [-0.05, 0) is 26.3 Å². The normalized spacial score (nSPS) is 10.8. The van der Waals surface area contributed by atoms with Crippen LogP contribution >= 0.6 is 0 Å². The third-order valence-corrected chi connectivity index (χ3v) is 4.53. The summed E-state index contributed by atoms with van der Waals surface area (Å²) >= 11 is 0. The van der Waals surface area contributed by atoms with Gasteiger partial charge in [0.25, 0.3) is 5.91 Å². The first-order valence-corrected chi connectivity index (χ1v) is 9.06. The number of carbonyl (C=O) groups is 2. The second-order valence-electron chi connectivity index (χ2n) is 6.82. The topological polar surface area (TPSA) is 108 Å². The van der Waals surface area contributed by atoms with Crippen LogP contribution in [0.15, 0.2) is 36.5 Å². The Balaban J connectivity index is 1.72. The first kappa shape index (κ1) is 19.3. The molecule has 0 aliphatic carbocycles. The highest BCUT2D eigenvalue weighted by molar-refractivity contribution is 6.05. The molecule has 2 aromatic heterocycles. The average molecular weight is 380 g/mol. The zero-order valence-electron chi connectivity index (χ0n) is 16.3. The molecule has 2 heterocycles. The quantitative estimate of drug-likeness (QED) is 0.655. The van der Waals surface area contributed by atoms with Gasteiger partial charge in [0.15, 0.2) is 5.82 Å². The lowest BCUT2D eigenvalue weighted by molar-refractivity contribution is -0.118. The van der Waals surface area contributed by atoms with E-state index in [1.165, 1.54) is 5.56 Å². The molecule has 1 aromatic carbocycles. The van der Waals surface area contributed by atoms with E-state index in [0.717, 1.165) is 11.3 Å². The molecule has 2 amide bonds. The Labute approximate surface area is 163 Å². The molecule has 0 aliphatic rings. The Morgan fingerprint density at radius 1 is 1.07 bits per heavy atom. The van der Waals surface area contributed by atoms with Gasteiger partial charge in [0.05, 0.1) is 17.8 Å². The number of nitrogens with zero attached hydrogens (tertiary/aromatic N) is 4.